The van der Waals surface area contributed by atoms with Crippen LogP contribution < -0.4 is 30.5 Å². The lowest BCUT2D eigenvalue weighted by Crippen LogP contribution is -2.55. The summed E-state index contributed by atoms with van der Waals surface area (Å²) in [7, 11) is 2.86. The van der Waals surface area contributed by atoms with Crippen LogP contribution in [0.3, 0.4) is 0 Å². The molecule has 3 aliphatic heterocycles. The van der Waals surface area contributed by atoms with Crippen molar-refractivity contribution in [3.63, 3.8) is 0 Å². The molecule has 0 radical (unpaired) electrons. The molecule has 1 spiro atoms. The van der Waals surface area contributed by atoms with Gasteiger partial charge in [0.05, 0.1) is 25.5 Å². The van der Waals surface area contributed by atoms with Crippen LogP contribution in [-0.4, -0.2) is 98.1 Å². The third-order valence-corrected chi connectivity index (χ3v) is 11.4. The number of carbonyl (C=O) groups is 2. The number of benzene rings is 1. The normalized spacial score (nSPS) is 23.5. The quantitative estimate of drug-likeness (QED) is 0.373. The summed E-state index contributed by atoms with van der Waals surface area (Å²) in [5.74, 6) is -3.22. The van der Waals surface area contributed by atoms with Crippen LogP contribution in [0.1, 0.15) is 74.6 Å². The molecule has 48 heavy (non-hydrogen) atoms. The van der Waals surface area contributed by atoms with Gasteiger partial charge in [-0.3, -0.25) is 9.59 Å². The number of rotatable bonds is 8. The number of alkyl halides is 2. The van der Waals surface area contributed by atoms with Gasteiger partial charge in [0.1, 0.15) is 11.4 Å². The summed E-state index contributed by atoms with van der Waals surface area (Å²) < 4.78 is 35.6. The van der Waals surface area contributed by atoms with Crippen LogP contribution in [0.25, 0.3) is 0 Å². The smallest absolute Gasteiger partial charge is 0.342 e. The number of aromatic nitrogens is 2. The minimum atomic E-state index is -3.55. The van der Waals surface area contributed by atoms with Gasteiger partial charge < -0.3 is 35.4 Å². The summed E-state index contributed by atoms with van der Waals surface area (Å²) in [5.41, 5.74) is 1.62. The van der Waals surface area contributed by atoms with Crippen molar-refractivity contribution < 1.29 is 23.1 Å². The van der Waals surface area contributed by atoms with Crippen LogP contribution >= 0.6 is 0 Å². The van der Waals surface area contributed by atoms with Crippen LogP contribution in [0.15, 0.2) is 24.4 Å². The van der Waals surface area contributed by atoms with Gasteiger partial charge in [0, 0.05) is 31.2 Å². The molecule has 2 amide bonds. The number of hydrogen-bond acceptors (Lipinski definition) is 9. The fourth-order valence-corrected chi connectivity index (χ4v) is 8.56. The average Bonchev–Trinajstić information content (AvgIpc) is 3.60. The molecule has 2 aliphatic carbocycles. The van der Waals surface area contributed by atoms with Gasteiger partial charge in [-0.2, -0.15) is 13.8 Å². The standard InChI is InChI=1S/C35H48F2N8O3/c1-43-28-20-39-33(42-30(28)45(26-5-3-4-6-26)22-35(36,37)32(43)47)41-27-8-7-24(17-29(27)48-2)31(46)40-25-18-34(19-25)11-15-44(16-12-34)21-23-9-13-38-14-10-23/h7-8,17,20,23,25-26,38H,3-6,9-16,18-19,21-22H2,1-2H3,(H,40,46)(H,39,41,42). The van der Waals surface area contributed by atoms with E-state index in [4.69, 9.17) is 4.74 Å². The summed E-state index contributed by atoms with van der Waals surface area (Å²) in [6, 6.07) is 5.20. The Morgan fingerprint density at radius 2 is 1.83 bits per heavy atom. The van der Waals surface area contributed by atoms with Crippen LogP contribution in [0.5, 0.6) is 5.75 Å². The maximum Gasteiger partial charge on any atom is 0.342 e. The summed E-state index contributed by atoms with van der Waals surface area (Å²) in [6.45, 7) is 5.10. The van der Waals surface area contributed by atoms with Gasteiger partial charge in [0.25, 0.3) is 11.8 Å². The zero-order valence-electron chi connectivity index (χ0n) is 28.1. The second kappa shape index (κ2) is 13.4. The average molecular weight is 667 g/mol. The second-order valence-corrected chi connectivity index (χ2v) is 14.6. The van der Waals surface area contributed by atoms with Crippen molar-refractivity contribution in [2.45, 2.75) is 82.2 Å². The Balaban J connectivity index is 0.982. The summed E-state index contributed by atoms with van der Waals surface area (Å²) in [6.07, 6.45) is 11.8. The third-order valence-electron chi connectivity index (χ3n) is 11.4. The van der Waals surface area contributed by atoms with E-state index in [2.05, 4.69) is 30.8 Å². The van der Waals surface area contributed by atoms with Gasteiger partial charge in [-0.1, -0.05) is 12.8 Å². The van der Waals surface area contributed by atoms with Crippen molar-refractivity contribution in [3.8, 4) is 5.75 Å². The Hall–Kier alpha value is -3.58. The summed E-state index contributed by atoms with van der Waals surface area (Å²) in [5, 5.41) is 9.83. The predicted octanol–water partition coefficient (Wildman–Crippen LogP) is 4.56. The lowest BCUT2D eigenvalue weighted by molar-refractivity contribution is -0.140. The predicted molar refractivity (Wildman–Crippen MR) is 180 cm³/mol. The van der Waals surface area contributed by atoms with Gasteiger partial charge in [-0.05, 0) is 107 Å². The maximum atomic E-state index is 15.0. The molecule has 2 saturated carbocycles. The van der Waals surface area contributed by atoms with Gasteiger partial charge in [0.15, 0.2) is 5.82 Å². The Kier molecular flexibility index (Phi) is 9.18. The molecule has 0 unspecified atom stereocenters. The number of nitrogens with zero attached hydrogens (tertiary/aromatic N) is 5. The lowest BCUT2D eigenvalue weighted by atomic mass is 9.60. The van der Waals surface area contributed by atoms with E-state index in [1.54, 1.807) is 23.1 Å². The molecular formula is C35H48F2N8O3. The Bertz CT molecular complexity index is 1500. The van der Waals surface area contributed by atoms with Crippen LogP contribution in [0.2, 0.25) is 0 Å². The maximum absolute atomic E-state index is 15.0. The number of fused-ring (bicyclic) bond motifs is 1. The first-order valence-electron chi connectivity index (χ1n) is 17.6. The molecule has 1 aromatic carbocycles. The number of amides is 2. The van der Waals surface area contributed by atoms with Gasteiger partial charge in [-0.25, -0.2) is 4.98 Å². The molecule has 2 aromatic rings. The van der Waals surface area contributed by atoms with E-state index in [0.29, 0.717) is 28.2 Å². The van der Waals surface area contributed by atoms with Crippen LogP contribution in [0.4, 0.5) is 31.9 Å². The minimum absolute atomic E-state index is 0.133. The Morgan fingerprint density at radius 3 is 2.54 bits per heavy atom. The van der Waals surface area contributed by atoms with E-state index >= 15 is 0 Å². The van der Waals surface area contributed by atoms with E-state index in [1.165, 1.54) is 52.6 Å². The molecule has 2 saturated heterocycles. The summed E-state index contributed by atoms with van der Waals surface area (Å²) in [4.78, 5) is 40.1. The summed E-state index contributed by atoms with van der Waals surface area (Å²) >= 11 is 0. The fourth-order valence-electron chi connectivity index (χ4n) is 8.56. The number of likely N-dealkylation sites (tertiary alicyclic amines) is 1. The topological polar surface area (TPSA) is 115 Å². The molecule has 3 N–H and O–H groups in total. The molecular weight excluding hydrogens is 618 g/mol. The molecule has 1 aromatic heterocycles. The number of carbonyl (C=O) groups excluding carboxylic acids is 2. The molecule has 5 aliphatic rings. The number of halogens is 2. The molecule has 0 atom stereocenters. The number of ether oxygens (including phenoxy) is 1. The van der Waals surface area contributed by atoms with Gasteiger partial charge >= 0.3 is 5.92 Å². The van der Waals surface area contributed by atoms with Gasteiger partial charge in [0.2, 0.25) is 5.95 Å². The molecule has 7 rings (SSSR count). The van der Waals surface area contributed by atoms with Crippen molar-refractivity contribution in [2.24, 2.45) is 11.3 Å². The molecule has 4 heterocycles. The number of nitrogens with one attached hydrogen (secondary N) is 3. The number of hydrogen-bond donors (Lipinski definition) is 3. The van der Waals surface area contributed by atoms with E-state index in [9.17, 15) is 18.4 Å². The number of piperidine rings is 2. The van der Waals surface area contributed by atoms with Crippen LogP contribution in [-0.2, 0) is 4.79 Å². The SMILES string of the molecule is COc1cc(C(=O)NC2CC3(CCN(CC4CCNCC4)CC3)C2)ccc1Nc1ncc2c(n1)N(C1CCCC1)CC(F)(F)C(=O)N2C. The van der Waals surface area contributed by atoms with E-state index in [1.807, 2.05) is 0 Å². The number of anilines is 4. The van der Waals surface area contributed by atoms with Crippen molar-refractivity contribution in [3.05, 3.63) is 30.0 Å². The minimum Gasteiger partial charge on any atom is -0.495 e. The zero-order valence-corrected chi connectivity index (χ0v) is 28.1. The van der Waals surface area contributed by atoms with Crippen LogP contribution in [0, 0.1) is 11.3 Å². The Labute approximate surface area is 281 Å². The fraction of sp³-hybridized carbons (Fsp3) is 0.657. The first kappa shape index (κ1) is 32.9. The van der Waals surface area contributed by atoms with Crippen molar-refractivity contribution in [2.75, 3.05) is 68.5 Å². The highest BCUT2D eigenvalue weighted by atomic mass is 19.3. The van der Waals surface area contributed by atoms with E-state index < -0.39 is 18.4 Å². The molecule has 260 valence electrons. The molecule has 4 fully saturated rings. The highest BCUT2D eigenvalue weighted by Gasteiger charge is 2.49. The Morgan fingerprint density at radius 1 is 1.10 bits per heavy atom. The zero-order chi connectivity index (χ0) is 33.5. The first-order valence-corrected chi connectivity index (χ1v) is 17.6. The molecule has 11 nitrogen and oxygen atoms in total. The van der Waals surface area contributed by atoms with E-state index in [0.717, 1.165) is 75.5 Å². The highest BCUT2D eigenvalue weighted by Crippen LogP contribution is 2.49. The monoisotopic (exact) mass is 666 g/mol. The lowest BCUT2D eigenvalue weighted by Gasteiger charge is -2.52. The third kappa shape index (κ3) is 6.67. The largest absolute Gasteiger partial charge is 0.495 e. The second-order valence-electron chi connectivity index (χ2n) is 14.6. The van der Waals surface area contributed by atoms with Crippen molar-refractivity contribution in [1.82, 2.24) is 25.5 Å². The first-order chi connectivity index (χ1) is 23.1. The van der Waals surface area contributed by atoms with Crippen molar-refractivity contribution in [1.29, 1.82) is 0 Å². The number of methoxy groups -OCH3 is 1. The highest BCUT2D eigenvalue weighted by molar-refractivity contribution is 6.02. The van der Waals surface area contributed by atoms with Gasteiger partial charge in [-0.15, -0.1) is 0 Å². The van der Waals surface area contributed by atoms with Crippen molar-refractivity contribution >= 4 is 35.0 Å². The molecule has 13 heteroatoms. The molecule has 0 bridgehead atoms. The van der Waals surface area contributed by atoms with E-state index in [-0.39, 0.29) is 29.6 Å².